The summed E-state index contributed by atoms with van der Waals surface area (Å²) in [5.41, 5.74) is 5.04. The van der Waals surface area contributed by atoms with Gasteiger partial charge in [0.25, 0.3) is 0 Å². The summed E-state index contributed by atoms with van der Waals surface area (Å²) in [6.45, 7) is 6.20. The Kier molecular flexibility index (Phi) is 8.35. The molecule has 0 bridgehead atoms. The van der Waals surface area contributed by atoms with Gasteiger partial charge in [-0.2, -0.15) is 0 Å². The Bertz CT molecular complexity index is 1190. The van der Waals surface area contributed by atoms with Crippen LogP contribution in [0.2, 0.25) is 0 Å². The van der Waals surface area contributed by atoms with Gasteiger partial charge in [0, 0.05) is 32.3 Å². The fraction of sp³-hybridized carbons (Fsp3) is 0.444. The second-order valence-electron chi connectivity index (χ2n) is 9.18. The molecular formula is C27H35ClN4OS. The molecular weight excluding hydrogens is 464 g/mol. The van der Waals surface area contributed by atoms with Crippen molar-refractivity contribution in [2.45, 2.75) is 45.6 Å². The maximum absolute atomic E-state index is 5.98. The van der Waals surface area contributed by atoms with Crippen molar-refractivity contribution >= 4 is 34.0 Å². The van der Waals surface area contributed by atoms with Gasteiger partial charge in [0.15, 0.2) is 5.82 Å². The largest absolute Gasteiger partial charge is 0.493 e. The number of aryl methyl sites for hydroxylation is 4. The second kappa shape index (κ2) is 11.4. The van der Waals surface area contributed by atoms with Crippen LogP contribution in [-0.2, 0) is 26.4 Å². The quantitative estimate of drug-likeness (QED) is 0.287. The first-order valence-electron chi connectivity index (χ1n) is 12.2. The summed E-state index contributed by atoms with van der Waals surface area (Å²) in [6.07, 6.45) is 7.75. The van der Waals surface area contributed by atoms with Gasteiger partial charge in [-0.05, 0) is 67.4 Å². The lowest BCUT2D eigenvalue weighted by Crippen LogP contribution is -2.15. The van der Waals surface area contributed by atoms with Crippen LogP contribution in [0.5, 0.6) is 5.75 Å². The van der Waals surface area contributed by atoms with Gasteiger partial charge in [-0.1, -0.05) is 25.5 Å². The third-order valence-corrected chi connectivity index (χ3v) is 7.51. The highest BCUT2D eigenvalue weighted by Crippen LogP contribution is 2.30. The van der Waals surface area contributed by atoms with Crippen molar-refractivity contribution in [1.29, 1.82) is 0 Å². The van der Waals surface area contributed by atoms with Gasteiger partial charge in [-0.25, -0.2) is 4.98 Å². The molecule has 1 atom stereocenters. The lowest BCUT2D eigenvalue weighted by atomic mass is 10.1. The number of nitrogens with one attached hydrogen (secondary N) is 1. The zero-order valence-electron chi connectivity index (χ0n) is 20.1. The molecule has 1 aromatic carbocycles. The van der Waals surface area contributed by atoms with Crippen LogP contribution in [-0.4, -0.2) is 33.8 Å². The monoisotopic (exact) mass is 498 g/mol. The molecule has 0 aliphatic carbocycles. The number of imidazole rings is 1. The smallest absolute Gasteiger partial charge is 0.156 e. The number of ether oxygens (including phenoxy) is 1. The molecule has 1 aliphatic heterocycles. The maximum atomic E-state index is 5.98. The number of hydrogen-bond donors (Lipinski definition) is 1. The van der Waals surface area contributed by atoms with E-state index in [1.165, 1.54) is 33.6 Å². The first-order chi connectivity index (χ1) is 16.2. The van der Waals surface area contributed by atoms with Crippen LogP contribution >= 0.6 is 23.7 Å². The van der Waals surface area contributed by atoms with Gasteiger partial charge in [-0.3, -0.25) is 0 Å². The molecule has 4 heterocycles. The van der Waals surface area contributed by atoms with Crippen molar-refractivity contribution in [3.05, 3.63) is 59.2 Å². The molecule has 1 fully saturated rings. The summed E-state index contributed by atoms with van der Waals surface area (Å²) in [5, 5.41) is 5.56. The van der Waals surface area contributed by atoms with Crippen LogP contribution in [0.1, 0.15) is 37.4 Å². The van der Waals surface area contributed by atoms with Crippen LogP contribution in [0.15, 0.2) is 48.0 Å². The first-order valence-corrected chi connectivity index (χ1v) is 13.1. The van der Waals surface area contributed by atoms with E-state index < -0.39 is 0 Å². The molecule has 34 heavy (non-hydrogen) atoms. The molecule has 4 aromatic rings. The van der Waals surface area contributed by atoms with Crippen LogP contribution in [0.4, 0.5) is 0 Å². The van der Waals surface area contributed by atoms with Crippen molar-refractivity contribution in [3.63, 3.8) is 0 Å². The Morgan fingerprint density at radius 2 is 2.03 bits per heavy atom. The summed E-state index contributed by atoms with van der Waals surface area (Å²) in [6, 6.07) is 13.2. The van der Waals surface area contributed by atoms with Crippen LogP contribution in [0.25, 0.3) is 21.7 Å². The summed E-state index contributed by atoms with van der Waals surface area (Å²) in [5.74, 6) is 2.72. The molecule has 7 heteroatoms. The fourth-order valence-electron chi connectivity index (χ4n) is 4.76. The van der Waals surface area contributed by atoms with Gasteiger partial charge in [0.05, 0.1) is 28.2 Å². The van der Waals surface area contributed by atoms with Crippen LogP contribution < -0.4 is 10.1 Å². The van der Waals surface area contributed by atoms with E-state index in [9.17, 15) is 0 Å². The Hall–Kier alpha value is -2.28. The van der Waals surface area contributed by atoms with E-state index in [1.807, 2.05) is 0 Å². The highest BCUT2D eigenvalue weighted by molar-refractivity contribution is 7.17. The zero-order valence-corrected chi connectivity index (χ0v) is 21.8. The Morgan fingerprint density at radius 3 is 2.76 bits per heavy atom. The number of halogens is 1. The molecule has 0 spiro atoms. The maximum Gasteiger partial charge on any atom is 0.156 e. The molecule has 5 rings (SSSR count). The van der Waals surface area contributed by atoms with Crippen molar-refractivity contribution < 1.29 is 4.74 Å². The fourth-order valence-corrected chi connectivity index (χ4v) is 5.61. The minimum Gasteiger partial charge on any atom is -0.493 e. The van der Waals surface area contributed by atoms with E-state index in [1.54, 1.807) is 11.3 Å². The van der Waals surface area contributed by atoms with Gasteiger partial charge in [0.1, 0.15) is 5.75 Å². The predicted molar refractivity (Wildman–Crippen MR) is 144 cm³/mol. The molecule has 3 aromatic heterocycles. The van der Waals surface area contributed by atoms with E-state index >= 15 is 0 Å². The summed E-state index contributed by atoms with van der Waals surface area (Å²) in [4.78, 5) is 5.02. The van der Waals surface area contributed by atoms with E-state index in [0.717, 1.165) is 63.5 Å². The third kappa shape index (κ3) is 5.51. The number of benzene rings is 1. The molecule has 182 valence electrons. The minimum absolute atomic E-state index is 0. The highest BCUT2D eigenvalue weighted by Gasteiger charge is 2.16. The van der Waals surface area contributed by atoms with Gasteiger partial charge >= 0.3 is 0 Å². The zero-order chi connectivity index (χ0) is 22.6. The van der Waals surface area contributed by atoms with Crippen molar-refractivity contribution in [2.24, 2.45) is 13.0 Å². The molecule has 1 aliphatic rings. The second-order valence-corrected chi connectivity index (χ2v) is 10.1. The molecule has 1 N–H and O–H groups in total. The highest BCUT2D eigenvalue weighted by atomic mass is 35.5. The van der Waals surface area contributed by atoms with Crippen LogP contribution in [0.3, 0.4) is 0 Å². The van der Waals surface area contributed by atoms with Crippen molar-refractivity contribution in [2.75, 3.05) is 19.7 Å². The average molecular weight is 499 g/mol. The third-order valence-electron chi connectivity index (χ3n) is 6.66. The summed E-state index contributed by atoms with van der Waals surface area (Å²) >= 11 is 1.80. The van der Waals surface area contributed by atoms with Crippen molar-refractivity contribution in [1.82, 2.24) is 19.4 Å². The lowest BCUT2D eigenvalue weighted by Gasteiger charge is -2.12. The van der Waals surface area contributed by atoms with Gasteiger partial charge in [0.2, 0.25) is 0 Å². The topological polar surface area (TPSA) is 44.0 Å². The van der Waals surface area contributed by atoms with Gasteiger partial charge < -0.3 is 19.2 Å². The van der Waals surface area contributed by atoms with E-state index in [4.69, 9.17) is 9.72 Å². The first kappa shape index (κ1) is 24.8. The Morgan fingerprint density at radius 1 is 1.18 bits per heavy atom. The molecule has 0 saturated carbocycles. The SMILES string of the molecule is CCCc1cn(CCCc2ccc(OCC3CCNC3)cc2)c(-c2cc3sccc3n2C)n1.Cl. The van der Waals surface area contributed by atoms with Crippen LogP contribution in [0, 0.1) is 5.92 Å². The number of thiophene rings is 1. The summed E-state index contributed by atoms with van der Waals surface area (Å²) < 4.78 is 11.9. The molecule has 1 unspecified atom stereocenters. The number of nitrogens with zero attached hydrogens (tertiary/aromatic N) is 3. The molecule has 0 radical (unpaired) electrons. The normalized spacial score (nSPS) is 15.6. The molecule has 1 saturated heterocycles. The Balaban J connectivity index is 0.00000274. The average Bonchev–Trinajstić information content (AvgIpc) is 3.60. The number of hydrogen-bond acceptors (Lipinski definition) is 4. The Labute approximate surface area is 212 Å². The molecule has 0 amide bonds. The number of rotatable bonds is 10. The van der Waals surface area contributed by atoms with E-state index in [2.05, 4.69) is 76.4 Å². The predicted octanol–water partition coefficient (Wildman–Crippen LogP) is 6.10. The summed E-state index contributed by atoms with van der Waals surface area (Å²) in [7, 11) is 2.15. The van der Waals surface area contributed by atoms with Crippen molar-refractivity contribution in [3.8, 4) is 17.3 Å². The number of fused-ring (bicyclic) bond motifs is 1. The van der Waals surface area contributed by atoms with E-state index in [-0.39, 0.29) is 12.4 Å². The van der Waals surface area contributed by atoms with E-state index in [0.29, 0.717) is 5.92 Å². The van der Waals surface area contributed by atoms with Gasteiger partial charge in [-0.15, -0.1) is 23.7 Å². The standard InChI is InChI=1S/C27H34N4OS.ClH/c1-3-5-22-18-31(27(29-22)25-16-26-24(30(25)2)12-15-33-26)14-4-6-20-7-9-23(10-8-20)32-19-21-11-13-28-17-21;/h7-10,12,15-16,18,21,28H,3-6,11,13-14,17,19H2,1-2H3;1H. The molecule has 5 nitrogen and oxygen atoms in total. The number of aromatic nitrogens is 3. The lowest BCUT2D eigenvalue weighted by molar-refractivity contribution is 0.260. The minimum atomic E-state index is 0.